The number of amides is 1. The first-order chi connectivity index (χ1) is 14.4. The minimum Gasteiger partial charge on any atom is -0.497 e. The van der Waals surface area contributed by atoms with Gasteiger partial charge in [-0.15, -0.1) is 0 Å². The molecule has 1 aromatic rings. The lowest BCUT2D eigenvalue weighted by atomic mass is 10.0. The van der Waals surface area contributed by atoms with Crippen LogP contribution < -0.4 is 15.4 Å². The van der Waals surface area contributed by atoms with E-state index in [1.807, 2.05) is 41.6 Å². The van der Waals surface area contributed by atoms with Crippen LogP contribution in [0.4, 0.5) is 0 Å². The summed E-state index contributed by atoms with van der Waals surface area (Å²) in [6, 6.07) is 7.75. The third kappa shape index (κ3) is 10.6. The molecule has 3 N–H and O–H groups in total. The normalized spacial score (nSPS) is 12.4. The highest BCUT2D eigenvalue weighted by atomic mass is 79.9. The standard InChI is InChI=1S/C22H32N2O4.CH3Br/c1-6-8-19(7-2)24-21(25)15-23-14-18(13-16(3)22(26)28-5)17-9-11-20(27-4)12-10-17;1-2/h9-14,19,23H,6-8,15H2,1-5H3,(H,24,25);1H3/p+1/b16-13+,18-14+;. The van der Waals surface area contributed by atoms with E-state index in [1.54, 1.807) is 20.1 Å². The molecule has 1 rings (SSSR count). The van der Waals surface area contributed by atoms with Crippen molar-refractivity contribution in [3.05, 3.63) is 47.7 Å². The van der Waals surface area contributed by atoms with E-state index in [0.717, 1.165) is 36.1 Å². The Morgan fingerprint density at radius 3 is 2.30 bits per heavy atom. The fourth-order valence-electron chi connectivity index (χ4n) is 2.77. The van der Waals surface area contributed by atoms with Crippen LogP contribution in [0.2, 0.25) is 0 Å². The number of allylic oxidation sites excluding steroid dienone is 2. The van der Waals surface area contributed by atoms with Crippen molar-refractivity contribution in [1.82, 2.24) is 5.32 Å². The average molecular weight is 484 g/mol. The Morgan fingerprint density at radius 2 is 1.80 bits per heavy atom. The molecule has 30 heavy (non-hydrogen) atoms. The van der Waals surface area contributed by atoms with Crippen LogP contribution in [0.3, 0.4) is 0 Å². The Morgan fingerprint density at radius 1 is 1.17 bits per heavy atom. The van der Waals surface area contributed by atoms with Crippen molar-refractivity contribution < 1.29 is 24.4 Å². The molecule has 0 aromatic heterocycles. The van der Waals surface area contributed by atoms with Gasteiger partial charge >= 0.3 is 5.97 Å². The molecule has 1 atom stereocenters. The third-order valence-electron chi connectivity index (χ3n) is 4.40. The minimum absolute atomic E-state index is 0.000648. The predicted molar refractivity (Wildman–Crippen MR) is 126 cm³/mol. The Bertz CT molecular complexity index is 700. The Hall–Kier alpha value is -2.12. The van der Waals surface area contributed by atoms with Gasteiger partial charge in [-0.05, 0) is 49.4 Å². The summed E-state index contributed by atoms with van der Waals surface area (Å²) in [6.45, 7) is 6.17. The second kappa shape index (κ2) is 16.7. The topological polar surface area (TPSA) is 81.2 Å². The third-order valence-corrected chi connectivity index (χ3v) is 4.40. The molecule has 1 aromatic carbocycles. The summed E-state index contributed by atoms with van der Waals surface area (Å²) in [6.07, 6.45) is 6.56. The SMILES string of the molecule is CBr.CCCC(CC)NC(=O)C[NH2+]/C=C(\C=C(/C)C(=O)OC)c1ccc(OC)cc1. The van der Waals surface area contributed by atoms with Crippen LogP contribution in [0.25, 0.3) is 5.57 Å². The van der Waals surface area contributed by atoms with Gasteiger partial charge in [0, 0.05) is 17.2 Å². The molecule has 0 spiro atoms. The number of alkyl halides is 1. The van der Waals surface area contributed by atoms with Gasteiger partial charge in [-0.3, -0.25) is 4.79 Å². The highest BCUT2D eigenvalue weighted by molar-refractivity contribution is 9.08. The summed E-state index contributed by atoms with van der Waals surface area (Å²) in [5, 5.41) is 4.87. The Labute approximate surface area is 189 Å². The van der Waals surface area contributed by atoms with Crippen molar-refractivity contribution in [2.24, 2.45) is 0 Å². The van der Waals surface area contributed by atoms with Gasteiger partial charge in [0.1, 0.15) is 11.9 Å². The molecular formula is C23H36BrN2O4+. The number of quaternary nitrogens is 1. The summed E-state index contributed by atoms with van der Waals surface area (Å²) < 4.78 is 9.97. The largest absolute Gasteiger partial charge is 0.497 e. The lowest BCUT2D eigenvalue weighted by Crippen LogP contribution is -2.81. The van der Waals surface area contributed by atoms with Crippen molar-refractivity contribution in [1.29, 1.82) is 0 Å². The summed E-state index contributed by atoms with van der Waals surface area (Å²) in [5.41, 5.74) is 2.22. The first-order valence-electron chi connectivity index (χ1n) is 10.1. The molecule has 0 aliphatic carbocycles. The number of carbonyl (C=O) groups excluding carboxylic acids is 2. The molecule has 0 heterocycles. The number of hydrogen-bond donors (Lipinski definition) is 2. The molecular weight excluding hydrogens is 448 g/mol. The maximum Gasteiger partial charge on any atom is 0.333 e. The van der Waals surface area contributed by atoms with Crippen molar-refractivity contribution in [2.45, 2.75) is 46.1 Å². The summed E-state index contributed by atoms with van der Waals surface area (Å²) in [4.78, 5) is 24.0. The zero-order chi connectivity index (χ0) is 22.9. The molecule has 0 aliphatic rings. The maximum absolute atomic E-state index is 12.2. The molecule has 0 radical (unpaired) electrons. The average Bonchev–Trinajstić information content (AvgIpc) is 2.78. The van der Waals surface area contributed by atoms with E-state index in [9.17, 15) is 9.59 Å². The molecule has 1 amide bonds. The first kappa shape index (κ1) is 27.9. The van der Waals surface area contributed by atoms with Gasteiger partial charge in [0.25, 0.3) is 5.91 Å². The number of ether oxygens (including phenoxy) is 2. The van der Waals surface area contributed by atoms with Gasteiger partial charge in [-0.1, -0.05) is 48.3 Å². The molecule has 1 unspecified atom stereocenters. The van der Waals surface area contributed by atoms with Crippen LogP contribution in [0.1, 0.15) is 45.6 Å². The fraction of sp³-hybridized carbons (Fsp3) is 0.478. The number of methoxy groups -OCH3 is 2. The van der Waals surface area contributed by atoms with Crippen LogP contribution in [0.5, 0.6) is 5.75 Å². The van der Waals surface area contributed by atoms with Gasteiger partial charge < -0.3 is 20.1 Å². The van der Waals surface area contributed by atoms with E-state index in [-0.39, 0.29) is 24.5 Å². The van der Waals surface area contributed by atoms with Gasteiger partial charge in [0.05, 0.1) is 14.2 Å². The number of hydrogen-bond acceptors (Lipinski definition) is 4. The van der Waals surface area contributed by atoms with Crippen LogP contribution in [0.15, 0.2) is 42.1 Å². The van der Waals surface area contributed by atoms with Crippen molar-refractivity contribution >= 4 is 33.4 Å². The second-order valence-electron chi connectivity index (χ2n) is 6.57. The highest BCUT2D eigenvalue weighted by Gasteiger charge is 2.11. The zero-order valence-corrected chi connectivity index (χ0v) is 20.5. The van der Waals surface area contributed by atoms with E-state index in [0.29, 0.717) is 5.57 Å². The quantitative estimate of drug-likeness (QED) is 0.218. The number of carbonyl (C=O) groups is 2. The lowest BCUT2D eigenvalue weighted by molar-refractivity contribution is -0.575. The number of esters is 1. The summed E-state index contributed by atoms with van der Waals surface area (Å²) in [7, 11) is 2.97. The minimum atomic E-state index is -0.387. The predicted octanol–water partition coefficient (Wildman–Crippen LogP) is 3.42. The molecule has 0 saturated heterocycles. The van der Waals surface area contributed by atoms with E-state index >= 15 is 0 Å². The molecule has 0 aliphatic heterocycles. The molecule has 6 nitrogen and oxygen atoms in total. The van der Waals surface area contributed by atoms with E-state index in [1.165, 1.54) is 7.11 Å². The van der Waals surface area contributed by atoms with Crippen molar-refractivity contribution in [3.8, 4) is 5.75 Å². The summed E-state index contributed by atoms with van der Waals surface area (Å²) in [5.74, 6) is 2.18. The van der Waals surface area contributed by atoms with Crippen LogP contribution in [-0.4, -0.2) is 44.5 Å². The number of benzene rings is 1. The molecule has 7 heteroatoms. The number of halogens is 1. The smallest absolute Gasteiger partial charge is 0.333 e. The number of rotatable bonds is 11. The van der Waals surface area contributed by atoms with Crippen LogP contribution >= 0.6 is 15.9 Å². The van der Waals surface area contributed by atoms with E-state index < -0.39 is 0 Å². The van der Waals surface area contributed by atoms with Gasteiger partial charge in [0.2, 0.25) is 0 Å². The maximum atomic E-state index is 12.2. The molecule has 0 saturated carbocycles. The highest BCUT2D eigenvalue weighted by Crippen LogP contribution is 2.20. The van der Waals surface area contributed by atoms with Crippen molar-refractivity contribution in [3.63, 3.8) is 0 Å². The van der Waals surface area contributed by atoms with E-state index in [2.05, 4.69) is 35.1 Å². The van der Waals surface area contributed by atoms with Crippen LogP contribution in [0, 0.1) is 0 Å². The van der Waals surface area contributed by atoms with Gasteiger partial charge in [0.15, 0.2) is 6.54 Å². The van der Waals surface area contributed by atoms with Crippen molar-refractivity contribution in [2.75, 3.05) is 26.6 Å². The van der Waals surface area contributed by atoms with Crippen LogP contribution in [-0.2, 0) is 14.3 Å². The lowest BCUT2D eigenvalue weighted by Gasteiger charge is -2.15. The van der Waals surface area contributed by atoms with Gasteiger partial charge in [-0.25, -0.2) is 4.79 Å². The Balaban J connectivity index is 0.00000407. The van der Waals surface area contributed by atoms with E-state index in [4.69, 9.17) is 9.47 Å². The molecule has 0 fully saturated rings. The molecule has 168 valence electrons. The number of nitrogens with one attached hydrogen (secondary N) is 1. The second-order valence-corrected chi connectivity index (χ2v) is 6.57. The van der Waals surface area contributed by atoms with Gasteiger partial charge in [-0.2, -0.15) is 0 Å². The zero-order valence-electron chi connectivity index (χ0n) is 19.0. The number of nitrogens with two attached hydrogens (primary N) is 1. The summed E-state index contributed by atoms with van der Waals surface area (Å²) >= 11 is 2.94. The monoisotopic (exact) mass is 483 g/mol. The first-order valence-corrected chi connectivity index (χ1v) is 11.6. The Kier molecular flexibility index (Phi) is 15.5. The molecule has 0 bridgehead atoms. The fourth-order valence-corrected chi connectivity index (χ4v) is 2.77.